The van der Waals surface area contributed by atoms with Gasteiger partial charge in [0.15, 0.2) is 5.82 Å². The van der Waals surface area contributed by atoms with Crippen LogP contribution >= 0.6 is 0 Å². The summed E-state index contributed by atoms with van der Waals surface area (Å²) >= 11 is 0. The SMILES string of the molecule is CCOC(=O)Cn1nnnc1[C@H](C(C)C)N(Cc1ccccc1)Cc1cc2ccc(C)cc2[nH]c1=O. The van der Waals surface area contributed by atoms with Crippen LogP contribution in [0.4, 0.5) is 0 Å². The van der Waals surface area contributed by atoms with Crippen molar-refractivity contribution in [1.29, 1.82) is 0 Å². The number of aryl methyl sites for hydroxylation is 1. The van der Waals surface area contributed by atoms with E-state index in [-0.39, 0.29) is 30.7 Å². The van der Waals surface area contributed by atoms with E-state index >= 15 is 0 Å². The molecule has 0 aliphatic carbocycles. The Morgan fingerprint density at radius 1 is 1.11 bits per heavy atom. The van der Waals surface area contributed by atoms with Crippen LogP contribution in [0.15, 0.2) is 59.4 Å². The van der Waals surface area contributed by atoms with Gasteiger partial charge in [0.05, 0.1) is 12.6 Å². The Bertz CT molecular complexity index is 1380. The molecule has 1 atom stereocenters. The smallest absolute Gasteiger partial charge is 0.327 e. The number of hydrogen-bond donors (Lipinski definition) is 1. The number of esters is 1. The molecule has 2 heterocycles. The van der Waals surface area contributed by atoms with Crippen LogP contribution < -0.4 is 5.56 Å². The van der Waals surface area contributed by atoms with Gasteiger partial charge in [-0.3, -0.25) is 14.5 Å². The molecule has 0 unspecified atom stereocenters. The highest BCUT2D eigenvalue weighted by Crippen LogP contribution is 2.30. The monoisotopic (exact) mass is 488 g/mol. The first-order chi connectivity index (χ1) is 17.4. The first kappa shape index (κ1) is 25.2. The fourth-order valence-corrected chi connectivity index (χ4v) is 4.51. The predicted octanol–water partition coefficient (Wildman–Crippen LogP) is 3.79. The maximum Gasteiger partial charge on any atom is 0.327 e. The van der Waals surface area contributed by atoms with E-state index in [4.69, 9.17) is 4.74 Å². The predicted molar refractivity (Wildman–Crippen MR) is 137 cm³/mol. The minimum atomic E-state index is -0.399. The summed E-state index contributed by atoms with van der Waals surface area (Å²) in [5.41, 5.74) is 3.53. The van der Waals surface area contributed by atoms with Crippen LogP contribution in [0.25, 0.3) is 10.9 Å². The van der Waals surface area contributed by atoms with Gasteiger partial charge in [-0.2, -0.15) is 0 Å². The third-order valence-corrected chi connectivity index (χ3v) is 6.11. The number of aromatic nitrogens is 5. The number of nitrogens with one attached hydrogen (secondary N) is 1. The van der Waals surface area contributed by atoms with Crippen molar-refractivity contribution in [3.63, 3.8) is 0 Å². The molecule has 4 aromatic rings. The fraction of sp³-hybridized carbons (Fsp3) is 0.370. The zero-order valence-corrected chi connectivity index (χ0v) is 21.1. The number of H-pyrrole nitrogens is 1. The zero-order valence-electron chi connectivity index (χ0n) is 21.1. The van der Waals surface area contributed by atoms with E-state index in [0.29, 0.717) is 24.5 Å². The molecule has 0 spiro atoms. The number of rotatable bonds is 10. The molecule has 0 fully saturated rings. The highest BCUT2D eigenvalue weighted by Gasteiger charge is 2.30. The molecule has 188 valence electrons. The van der Waals surface area contributed by atoms with E-state index in [0.717, 1.165) is 22.0 Å². The molecule has 1 N–H and O–H groups in total. The topological polar surface area (TPSA) is 106 Å². The van der Waals surface area contributed by atoms with Gasteiger partial charge in [0.2, 0.25) is 0 Å². The molecular weight excluding hydrogens is 456 g/mol. The summed E-state index contributed by atoms with van der Waals surface area (Å²) in [4.78, 5) is 30.5. The Kier molecular flexibility index (Phi) is 7.90. The lowest BCUT2D eigenvalue weighted by Crippen LogP contribution is -2.35. The normalized spacial score (nSPS) is 12.4. The maximum atomic E-state index is 13.1. The van der Waals surface area contributed by atoms with Crippen LogP contribution in [0.2, 0.25) is 0 Å². The van der Waals surface area contributed by atoms with Gasteiger partial charge in [-0.25, -0.2) is 4.68 Å². The van der Waals surface area contributed by atoms with Crippen LogP contribution in [0.1, 0.15) is 49.3 Å². The Morgan fingerprint density at radius 3 is 2.61 bits per heavy atom. The lowest BCUT2D eigenvalue weighted by atomic mass is 9.99. The number of carbonyl (C=O) groups is 1. The lowest BCUT2D eigenvalue weighted by molar-refractivity contribution is -0.144. The van der Waals surface area contributed by atoms with E-state index in [2.05, 4.69) is 51.4 Å². The second kappa shape index (κ2) is 11.3. The van der Waals surface area contributed by atoms with Crippen molar-refractivity contribution >= 4 is 16.9 Å². The molecule has 0 aliphatic heterocycles. The van der Waals surface area contributed by atoms with E-state index in [1.165, 1.54) is 4.68 Å². The van der Waals surface area contributed by atoms with Gasteiger partial charge in [-0.05, 0) is 58.8 Å². The molecule has 0 bridgehead atoms. The highest BCUT2D eigenvalue weighted by molar-refractivity contribution is 5.79. The van der Waals surface area contributed by atoms with Crippen LogP contribution in [-0.4, -0.2) is 42.7 Å². The molecule has 36 heavy (non-hydrogen) atoms. The Balaban J connectivity index is 1.74. The first-order valence-corrected chi connectivity index (χ1v) is 12.2. The van der Waals surface area contributed by atoms with Gasteiger partial charge in [-0.1, -0.05) is 56.3 Å². The van der Waals surface area contributed by atoms with E-state index < -0.39 is 5.97 Å². The Labute approximate surface area is 210 Å². The molecule has 9 nitrogen and oxygen atoms in total. The number of ether oxygens (including phenoxy) is 1. The first-order valence-electron chi connectivity index (χ1n) is 12.2. The largest absolute Gasteiger partial charge is 0.465 e. The number of fused-ring (bicyclic) bond motifs is 1. The van der Waals surface area contributed by atoms with Crippen molar-refractivity contribution in [3.05, 3.63) is 87.5 Å². The second-order valence-corrected chi connectivity index (χ2v) is 9.29. The summed E-state index contributed by atoms with van der Waals surface area (Å²) in [5, 5.41) is 13.2. The quantitative estimate of drug-likeness (QED) is 0.339. The molecular formula is C27H32N6O3. The van der Waals surface area contributed by atoms with Crippen molar-refractivity contribution in [3.8, 4) is 0 Å². The molecule has 9 heteroatoms. The number of benzene rings is 2. The van der Waals surface area contributed by atoms with E-state index in [9.17, 15) is 9.59 Å². The number of hydrogen-bond acceptors (Lipinski definition) is 7. The van der Waals surface area contributed by atoms with Crippen LogP contribution in [0, 0.1) is 12.8 Å². The van der Waals surface area contributed by atoms with E-state index in [1.54, 1.807) is 6.92 Å². The van der Waals surface area contributed by atoms with Crippen LogP contribution in [0.5, 0.6) is 0 Å². The van der Waals surface area contributed by atoms with Gasteiger partial charge in [-0.15, -0.1) is 5.10 Å². The summed E-state index contributed by atoms with van der Waals surface area (Å²) < 4.78 is 6.61. The molecule has 0 saturated carbocycles. The van der Waals surface area contributed by atoms with Gasteiger partial charge in [0, 0.05) is 24.2 Å². The Morgan fingerprint density at radius 2 is 1.89 bits per heavy atom. The number of carbonyl (C=O) groups excluding carboxylic acids is 1. The van der Waals surface area contributed by atoms with Crippen molar-refractivity contribution in [1.82, 2.24) is 30.1 Å². The van der Waals surface area contributed by atoms with Crippen molar-refractivity contribution in [2.24, 2.45) is 5.92 Å². The number of aromatic amines is 1. The third kappa shape index (κ3) is 5.85. The molecule has 0 aliphatic rings. The van der Waals surface area contributed by atoms with Crippen molar-refractivity contribution in [2.45, 2.75) is 53.4 Å². The molecule has 2 aromatic carbocycles. The molecule has 2 aromatic heterocycles. The van der Waals surface area contributed by atoms with Crippen LogP contribution in [0.3, 0.4) is 0 Å². The lowest BCUT2D eigenvalue weighted by Gasteiger charge is -2.33. The van der Waals surface area contributed by atoms with Gasteiger partial charge < -0.3 is 9.72 Å². The van der Waals surface area contributed by atoms with Gasteiger partial charge in [0.25, 0.3) is 5.56 Å². The molecule has 0 saturated heterocycles. The Hall–Kier alpha value is -3.85. The maximum absolute atomic E-state index is 13.1. The van der Waals surface area contributed by atoms with Crippen molar-refractivity contribution < 1.29 is 9.53 Å². The standard InChI is InChI=1S/C27H32N6O3/c1-5-36-24(34)17-33-26(29-30-31-33)25(18(2)3)32(15-20-9-7-6-8-10-20)16-22-14-21-12-11-19(4)13-23(21)28-27(22)35/h6-14,18,25H,5,15-17H2,1-4H3,(H,28,35)/t25-/m0/s1. The summed E-state index contributed by atoms with van der Waals surface area (Å²) in [6.45, 7) is 9.09. The van der Waals surface area contributed by atoms with Crippen LogP contribution in [-0.2, 0) is 29.2 Å². The average molecular weight is 489 g/mol. The number of pyridine rings is 1. The number of nitrogens with zero attached hydrogens (tertiary/aromatic N) is 5. The summed E-state index contributed by atoms with van der Waals surface area (Å²) in [6.07, 6.45) is 0. The summed E-state index contributed by atoms with van der Waals surface area (Å²) in [5.74, 6) is 0.245. The molecule has 4 rings (SSSR count). The fourth-order valence-electron chi connectivity index (χ4n) is 4.51. The zero-order chi connectivity index (χ0) is 25.7. The molecule has 0 amide bonds. The number of tetrazole rings is 1. The van der Waals surface area contributed by atoms with Gasteiger partial charge >= 0.3 is 5.97 Å². The van der Waals surface area contributed by atoms with Crippen molar-refractivity contribution in [2.75, 3.05) is 6.61 Å². The highest BCUT2D eigenvalue weighted by atomic mass is 16.5. The summed E-state index contributed by atoms with van der Waals surface area (Å²) in [7, 11) is 0. The minimum Gasteiger partial charge on any atom is -0.465 e. The summed E-state index contributed by atoms with van der Waals surface area (Å²) in [6, 6.07) is 17.8. The van der Waals surface area contributed by atoms with E-state index in [1.807, 2.05) is 49.4 Å². The molecule has 0 radical (unpaired) electrons. The second-order valence-electron chi connectivity index (χ2n) is 9.29. The van der Waals surface area contributed by atoms with Gasteiger partial charge in [0.1, 0.15) is 6.54 Å². The average Bonchev–Trinajstić information content (AvgIpc) is 3.27. The third-order valence-electron chi connectivity index (χ3n) is 6.11. The minimum absolute atomic E-state index is 0.0749.